The third kappa shape index (κ3) is 3.75. The van der Waals surface area contributed by atoms with Crippen LogP contribution < -0.4 is 5.32 Å². The molecule has 7 heteroatoms. The third-order valence-corrected chi connectivity index (χ3v) is 5.59. The molecule has 2 aromatic carbocycles. The molecule has 2 atom stereocenters. The third-order valence-electron chi connectivity index (χ3n) is 5.34. The van der Waals surface area contributed by atoms with Crippen molar-refractivity contribution in [2.45, 2.75) is 32.1 Å². The maximum Gasteiger partial charge on any atom is 0.328 e. The molecule has 3 amide bonds. The van der Waals surface area contributed by atoms with Crippen molar-refractivity contribution in [1.29, 1.82) is 0 Å². The summed E-state index contributed by atoms with van der Waals surface area (Å²) in [6.07, 6.45) is 1.31. The molecule has 5 nitrogen and oxygen atoms in total. The van der Waals surface area contributed by atoms with Gasteiger partial charge in [-0.25, -0.2) is 9.18 Å². The van der Waals surface area contributed by atoms with Crippen LogP contribution in [0.15, 0.2) is 48.5 Å². The molecule has 2 aliphatic heterocycles. The number of carbonyl (C=O) groups excluding carboxylic acids is 2. The van der Waals surface area contributed by atoms with Crippen LogP contribution in [0, 0.1) is 11.7 Å². The molecule has 0 saturated carbocycles. The van der Waals surface area contributed by atoms with Gasteiger partial charge in [-0.1, -0.05) is 35.9 Å². The van der Waals surface area contributed by atoms with E-state index in [1.165, 1.54) is 17.0 Å². The Balaban J connectivity index is 1.61. The molecular formula is C21H21ClFN3O2. The van der Waals surface area contributed by atoms with Crippen LogP contribution in [0.5, 0.6) is 0 Å². The van der Waals surface area contributed by atoms with Crippen LogP contribution in [0.4, 0.5) is 9.18 Å². The van der Waals surface area contributed by atoms with Crippen LogP contribution in [-0.2, 0) is 17.9 Å². The van der Waals surface area contributed by atoms with Gasteiger partial charge < -0.3 is 4.90 Å². The number of nitrogens with zero attached hydrogens (tertiary/aromatic N) is 2. The van der Waals surface area contributed by atoms with Gasteiger partial charge in [-0.15, -0.1) is 0 Å². The van der Waals surface area contributed by atoms with Gasteiger partial charge in [-0.2, -0.15) is 0 Å². The highest BCUT2D eigenvalue weighted by molar-refractivity contribution is 6.30. The van der Waals surface area contributed by atoms with E-state index in [2.05, 4.69) is 5.32 Å². The monoisotopic (exact) mass is 401 g/mol. The summed E-state index contributed by atoms with van der Waals surface area (Å²) in [5.41, 5.74) is 1.66. The number of hydrogen-bond donors (Lipinski definition) is 1. The first-order valence-electron chi connectivity index (χ1n) is 9.37. The lowest BCUT2D eigenvalue weighted by Gasteiger charge is -2.47. The van der Waals surface area contributed by atoms with E-state index >= 15 is 0 Å². The van der Waals surface area contributed by atoms with E-state index in [4.69, 9.17) is 11.6 Å². The SMILES string of the molecule is O=C1C2CCCNC2N(Cc2ccc(Cl)cc2)C(=O)N1Cc1ccc(F)cc1. The molecule has 0 aliphatic carbocycles. The average Bonchev–Trinajstić information content (AvgIpc) is 2.71. The number of benzene rings is 2. The topological polar surface area (TPSA) is 52.7 Å². The van der Waals surface area contributed by atoms with Crippen molar-refractivity contribution in [2.75, 3.05) is 6.54 Å². The van der Waals surface area contributed by atoms with Crippen LogP contribution in [0.3, 0.4) is 0 Å². The van der Waals surface area contributed by atoms with Crippen molar-refractivity contribution in [1.82, 2.24) is 15.1 Å². The average molecular weight is 402 g/mol. The smallest absolute Gasteiger partial charge is 0.304 e. The second-order valence-electron chi connectivity index (χ2n) is 7.24. The Bertz CT molecular complexity index is 872. The summed E-state index contributed by atoms with van der Waals surface area (Å²) in [6, 6.07) is 12.9. The largest absolute Gasteiger partial charge is 0.328 e. The molecule has 0 radical (unpaired) electrons. The number of rotatable bonds is 4. The summed E-state index contributed by atoms with van der Waals surface area (Å²) < 4.78 is 13.2. The number of piperidine rings is 1. The molecule has 0 bridgehead atoms. The maximum absolute atomic E-state index is 13.2. The zero-order valence-electron chi connectivity index (χ0n) is 15.3. The second-order valence-corrected chi connectivity index (χ2v) is 7.67. The first-order chi connectivity index (χ1) is 13.5. The Morgan fingerprint density at radius 1 is 1.00 bits per heavy atom. The van der Waals surface area contributed by atoms with Gasteiger partial charge in [-0.3, -0.25) is 15.0 Å². The fourth-order valence-corrected chi connectivity index (χ4v) is 4.02. The van der Waals surface area contributed by atoms with Gasteiger partial charge in [-0.05, 0) is 54.8 Å². The van der Waals surface area contributed by atoms with Crippen LogP contribution >= 0.6 is 11.6 Å². The van der Waals surface area contributed by atoms with Crippen LogP contribution in [0.2, 0.25) is 5.02 Å². The summed E-state index contributed by atoms with van der Waals surface area (Å²) in [7, 11) is 0. The fraction of sp³-hybridized carbons (Fsp3) is 0.333. The Kier molecular flexibility index (Phi) is 5.33. The summed E-state index contributed by atoms with van der Waals surface area (Å²) >= 11 is 5.96. The first-order valence-corrected chi connectivity index (χ1v) is 9.75. The lowest BCUT2D eigenvalue weighted by atomic mass is 9.91. The molecule has 28 heavy (non-hydrogen) atoms. The highest BCUT2D eigenvalue weighted by Crippen LogP contribution is 2.30. The maximum atomic E-state index is 13.2. The van der Waals surface area contributed by atoms with Crippen LogP contribution in [0.1, 0.15) is 24.0 Å². The number of amides is 3. The van der Waals surface area contributed by atoms with Crippen molar-refractivity contribution in [2.24, 2.45) is 5.92 Å². The highest BCUT2D eigenvalue weighted by Gasteiger charge is 2.46. The number of fused-ring (bicyclic) bond motifs is 1. The molecule has 146 valence electrons. The normalized spacial score (nSPS) is 22.4. The number of halogens is 2. The molecule has 2 aromatic rings. The van der Waals surface area contributed by atoms with Crippen molar-refractivity contribution < 1.29 is 14.0 Å². The lowest BCUT2D eigenvalue weighted by molar-refractivity contribution is -0.142. The first kappa shape index (κ1) is 18.9. The van der Waals surface area contributed by atoms with Crippen LogP contribution in [-0.4, -0.2) is 34.4 Å². The van der Waals surface area contributed by atoms with Crippen molar-refractivity contribution in [3.8, 4) is 0 Å². The van der Waals surface area contributed by atoms with Gasteiger partial charge in [0.15, 0.2) is 0 Å². The summed E-state index contributed by atoms with van der Waals surface area (Å²) in [5.74, 6) is -0.793. The van der Waals surface area contributed by atoms with E-state index in [9.17, 15) is 14.0 Å². The van der Waals surface area contributed by atoms with E-state index in [1.54, 1.807) is 29.2 Å². The van der Waals surface area contributed by atoms with Gasteiger partial charge in [0.05, 0.1) is 18.6 Å². The van der Waals surface area contributed by atoms with Gasteiger partial charge in [0.25, 0.3) is 0 Å². The second kappa shape index (κ2) is 7.89. The highest BCUT2D eigenvalue weighted by atomic mass is 35.5. The van der Waals surface area contributed by atoms with E-state index < -0.39 is 0 Å². The summed E-state index contributed by atoms with van der Waals surface area (Å²) in [6.45, 7) is 1.30. The molecule has 2 fully saturated rings. The Morgan fingerprint density at radius 2 is 1.64 bits per heavy atom. The van der Waals surface area contributed by atoms with Gasteiger partial charge in [0.1, 0.15) is 5.82 Å². The zero-order chi connectivity index (χ0) is 19.7. The molecule has 4 rings (SSSR count). The summed E-state index contributed by atoms with van der Waals surface area (Å²) in [5, 5.41) is 3.97. The number of nitrogens with one attached hydrogen (secondary N) is 1. The molecule has 0 spiro atoms. The van der Waals surface area contributed by atoms with Gasteiger partial charge in [0.2, 0.25) is 5.91 Å². The van der Waals surface area contributed by atoms with E-state index in [0.29, 0.717) is 11.6 Å². The minimum atomic E-state index is -0.346. The van der Waals surface area contributed by atoms with Gasteiger partial charge >= 0.3 is 6.03 Å². The Labute approximate surface area is 168 Å². The van der Waals surface area contributed by atoms with E-state index in [1.807, 2.05) is 12.1 Å². The minimum absolute atomic E-state index is 0.137. The van der Waals surface area contributed by atoms with E-state index in [-0.39, 0.29) is 36.4 Å². The van der Waals surface area contributed by atoms with Crippen molar-refractivity contribution in [3.05, 3.63) is 70.5 Å². The Hall–Kier alpha value is -2.44. The number of urea groups is 1. The molecule has 2 aliphatic rings. The molecule has 1 N–H and O–H groups in total. The molecule has 0 aromatic heterocycles. The zero-order valence-corrected chi connectivity index (χ0v) is 16.0. The number of hydrogen-bond acceptors (Lipinski definition) is 3. The van der Waals surface area contributed by atoms with Crippen molar-refractivity contribution in [3.63, 3.8) is 0 Å². The fourth-order valence-electron chi connectivity index (χ4n) is 3.90. The summed E-state index contributed by atoms with van der Waals surface area (Å²) in [4.78, 5) is 29.3. The molecule has 2 saturated heterocycles. The number of imide groups is 1. The molecule has 2 unspecified atom stereocenters. The Morgan fingerprint density at radius 3 is 2.36 bits per heavy atom. The predicted octanol–water partition coefficient (Wildman–Crippen LogP) is 3.77. The molecular weight excluding hydrogens is 381 g/mol. The van der Waals surface area contributed by atoms with Gasteiger partial charge in [0, 0.05) is 11.6 Å². The lowest BCUT2D eigenvalue weighted by Crippen LogP contribution is -2.66. The predicted molar refractivity (Wildman–Crippen MR) is 104 cm³/mol. The van der Waals surface area contributed by atoms with Crippen LogP contribution in [0.25, 0.3) is 0 Å². The number of carbonyl (C=O) groups is 2. The molecule has 2 heterocycles. The van der Waals surface area contributed by atoms with Crippen molar-refractivity contribution >= 4 is 23.5 Å². The minimum Gasteiger partial charge on any atom is -0.304 e. The quantitative estimate of drug-likeness (QED) is 0.848. The standard InChI is InChI=1S/C21H21ClFN3O2/c22-16-7-3-14(4-8-16)12-25-19-18(2-1-11-24-19)20(27)26(21(25)28)13-15-5-9-17(23)10-6-15/h3-10,18-19,24H,1-2,11-13H2. The van der Waals surface area contributed by atoms with E-state index in [0.717, 1.165) is 30.5 Å².